The lowest BCUT2D eigenvalue weighted by molar-refractivity contribution is -0.125. The molecule has 136 valence electrons. The Morgan fingerprint density at radius 2 is 2.00 bits per heavy atom. The van der Waals surface area contributed by atoms with Crippen LogP contribution in [-0.2, 0) is 9.53 Å². The van der Waals surface area contributed by atoms with Crippen molar-refractivity contribution in [3.8, 4) is 0 Å². The minimum atomic E-state index is -0.612. The highest BCUT2D eigenvalue weighted by Crippen LogP contribution is 2.26. The highest BCUT2D eigenvalue weighted by atomic mass is 79.9. The van der Waals surface area contributed by atoms with Gasteiger partial charge in [0.2, 0.25) is 5.91 Å². The van der Waals surface area contributed by atoms with Crippen LogP contribution in [0.4, 0.5) is 10.5 Å². The third kappa shape index (κ3) is 4.81. The zero-order valence-electron chi connectivity index (χ0n) is 14.9. The summed E-state index contributed by atoms with van der Waals surface area (Å²) in [6, 6.07) is 4.54. The van der Waals surface area contributed by atoms with Crippen LogP contribution in [0.3, 0.4) is 0 Å². The Bertz CT molecular complexity index is 697. The van der Waals surface area contributed by atoms with Crippen LogP contribution in [0, 0.1) is 0 Å². The molecule has 1 N–H and O–H groups in total. The van der Waals surface area contributed by atoms with Crippen LogP contribution in [0.25, 0.3) is 0 Å². The average Bonchev–Trinajstić information content (AvgIpc) is 2.43. The van der Waals surface area contributed by atoms with Crippen LogP contribution in [0.2, 0.25) is 0 Å². The topological polar surface area (TPSA) is 75.7 Å². The highest BCUT2D eigenvalue weighted by Gasteiger charge is 2.40. The fraction of sp³-hybridized carbons (Fsp3) is 0.500. The van der Waals surface area contributed by atoms with Gasteiger partial charge in [0, 0.05) is 23.0 Å². The second kappa shape index (κ2) is 7.56. The first-order chi connectivity index (χ1) is 11.6. The van der Waals surface area contributed by atoms with Crippen molar-refractivity contribution in [2.75, 3.05) is 11.9 Å². The molecular formula is C18H23BrN2O4. The summed E-state index contributed by atoms with van der Waals surface area (Å²) in [5.41, 5.74) is 0.295. The molecule has 0 saturated carbocycles. The first kappa shape index (κ1) is 19.4. The quantitative estimate of drug-likeness (QED) is 0.761. The monoisotopic (exact) mass is 410 g/mol. The molecule has 1 fully saturated rings. The number of ketones is 1. The smallest absolute Gasteiger partial charge is 0.410 e. The lowest BCUT2D eigenvalue weighted by Crippen LogP contribution is -2.57. The molecule has 0 bridgehead atoms. The van der Waals surface area contributed by atoms with Crippen LogP contribution in [0.15, 0.2) is 22.7 Å². The summed E-state index contributed by atoms with van der Waals surface area (Å²) in [6.45, 7) is 7.59. The van der Waals surface area contributed by atoms with E-state index in [1.54, 1.807) is 45.9 Å². The first-order valence-electron chi connectivity index (χ1n) is 8.25. The Balaban J connectivity index is 2.11. The lowest BCUT2D eigenvalue weighted by Gasteiger charge is -2.40. The number of halogens is 1. The molecule has 1 aliphatic heterocycles. The molecule has 1 saturated heterocycles. The number of hydrogen-bond donors (Lipinski definition) is 1. The van der Waals surface area contributed by atoms with E-state index in [4.69, 9.17) is 4.74 Å². The third-order valence-corrected chi connectivity index (χ3v) is 4.30. The Labute approximate surface area is 156 Å². The molecule has 2 rings (SSSR count). The van der Waals surface area contributed by atoms with Gasteiger partial charge in [0.1, 0.15) is 11.6 Å². The predicted octanol–water partition coefficient (Wildman–Crippen LogP) is 3.99. The largest absolute Gasteiger partial charge is 0.444 e. The summed E-state index contributed by atoms with van der Waals surface area (Å²) in [6.07, 6.45) is 0.409. The van der Waals surface area contributed by atoms with Crippen LogP contribution < -0.4 is 5.32 Å². The van der Waals surface area contributed by atoms with Crippen LogP contribution in [0.5, 0.6) is 0 Å². The van der Waals surface area contributed by atoms with E-state index in [0.29, 0.717) is 30.6 Å². The zero-order valence-corrected chi connectivity index (χ0v) is 16.5. The molecular weight excluding hydrogens is 388 g/mol. The van der Waals surface area contributed by atoms with Gasteiger partial charge in [0.15, 0.2) is 5.78 Å². The van der Waals surface area contributed by atoms with Gasteiger partial charge in [-0.15, -0.1) is 0 Å². The van der Waals surface area contributed by atoms with Crippen molar-refractivity contribution in [3.63, 3.8) is 0 Å². The second-order valence-corrected chi connectivity index (χ2v) is 7.85. The number of carbonyl (C=O) groups excluding carboxylic acids is 3. The van der Waals surface area contributed by atoms with Crippen molar-refractivity contribution >= 4 is 39.4 Å². The molecule has 1 aromatic carbocycles. The van der Waals surface area contributed by atoms with Gasteiger partial charge >= 0.3 is 6.09 Å². The van der Waals surface area contributed by atoms with Gasteiger partial charge in [-0.3, -0.25) is 14.5 Å². The van der Waals surface area contributed by atoms with Crippen LogP contribution in [-0.4, -0.2) is 40.9 Å². The summed E-state index contributed by atoms with van der Waals surface area (Å²) in [5, 5.41) is 2.78. The molecule has 2 amide bonds. The summed E-state index contributed by atoms with van der Waals surface area (Å²) in [5.74, 6) is -0.374. The molecule has 1 atom stereocenters. The molecule has 0 aromatic heterocycles. The summed E-state index contributed by atoms with van der Waals surface area (Å²) < 4.78 is 6.07. The first-order valence-corrected chi connectivity index (χ1v) is 9.05. The normalized spacial score (nSPS) is 16.8. The Hall–Kier alpha value is -1.89. The third-order valence-electron chi connectivity index (χ3n) is 3.81. The molecule has 25 heavy (non-hydrogen) atoms. The lowest BCUT2D eigenvalue weighted by atomic mass is 10.0. The number of ether oxygens (including phenoxy) is 1. The van der Waals surface area contributed by atoms with Gasteiger partial charge in [-0.2, -0.15) is 0 Å². The molecule has 7 heteroatoms. The van der Waals surface area contributed by atoms with Crippen LogP contribution in [0.1, 0.15) is 50.9 Å². The van der Waals surface area contributed by atoms with Gasteiger partial charge in [-0.25, -0.2) is 4.79 Å². The van der Waals surface area contributed by atoms with E-state index in [9.17, 15) is 14.4 Å². The van der Waals surface area contributed by atoms with Crippen molar-refractivity contribution in [1.82, 2.24) is 4.90 Å². The van der Waals surface area contributed by atoms with Gasteiger partial charge in [-0.05, 0) is 45.4 Å². The number of anilines is 1. The standard InChI is InChI=1S/C18H23BrN2O4/c1-5-15(22)12-7-6-11(19)10-13(12)20-16(23)14-8-9-21(14)17(24)25-18(2,3)4/h6-7,10,14H,5,8-9H2,1-4H3,(H,20,23). The van der Waals surface area contributed by atoms with E-state index in [2.05, 4.69) is 21.2 Å². The fourth-order valence-electron chi connectivity index (χ4n) is 2.47. The summed E-state index contributed by atoms with van der Waals surface area (Å²) >= 11 is 3.35. The molecule has 1 aromatic rings. The predicted molar refractivity (Wildman–Crippen MR) is 98.7 cm³/mol. The van der Waals surface area contributed by atoms with E-state index < -0.39 is 17.7 Å². The Morgan fingerprint density at radius 1 is 1.32 bits per heavy atom. The SMILES string of the molecule is CCC(=O)c1ccc(Br)cc1NC(=O)C1CCN1C(=O)OC(C)(C)C. The number of rotatable bonds is 4. The van der Waals surface area contributed by atoms with E-state index in [1.165, 1.54) is 4.90 Å². The number of carbonyl (C=O) groups is 3. The summed E-state index contributed by atoms with van der Waals surface area (Å²) in [4.78, 5) is 38.2. The molecule has 1 aliphatic rings. The number of benzene rings is 1. The number of Topliss-reactive ketones (excluding diaryl/α,β-unsaturated/α-hetero) is 1. The molecule has 0 radical (unpaired) electrons. The molecule has 1 heterocycles. The maximum atomic E-state index is 12.6. The number of nitrogens with one attached hydrogen (secondary N) is 1. The van der Waals surface area contributed by atoms with E-state index in [-0.39, 0.29) is 11.7 Å². The van der Waals surface area contributed by atoms with Crippen molar-refractivity contribution in [2.24, 2.45) is 0 Å². The average molecular weight is 411 g/mol. The second-order valence-electron chi connectivity index (χ2n) is 6.93. The van der Waals surface area contributed by atoms with Crippen molar-refractivity contribution in [1.29, 1.82) is 0 Å². The van der Waals surface area contributed by atoms with Crippen molar-refractivity contribution in [2.45, 2.75) is 52.2 Å². The molecule has 1 unspecified atom stereocenters. The Morgan fingerprint density at radius 3 is 2.52 bits per heavy atom. The number of likely N-dealkylation sites (tertiary alicyclic amines) is 1. The maximum Gasteiger partial charge on any atom is 0.410 e. The fourth-order valence-corrected chi connectivity index (χ4v) is 2.83. The maximum absolute atomic E-state index is 12.6. The van der Waals surface area contributed by atoms with Gasteiger partial charge in [0.25, 0.3) is 0 Å². The van der Waals surface area contributed by atoms with Crippen molar-refractivity contribution < 1.29 is 19.1 Å². The minimum absolute atomic E-state index is 0.0552. The van der Waals surface area contributed by atoms with Gasteiger partial charge in [-0.1, -0.05) is 22.9 Å². The van der Waals surface area contributed by atoms with Crippen molar-refractivity contribution in [3.05, 3.63) is 28.2 Å². The Kier molecular flexibility index (Phi) is 5.87. The van der Waals surface area contributed by atoms with Gasteiger partial charge in [0.05, 0.1) is 5.69 Å². The molecule has 6 nitrogen and oxygen atoms in total. The summed E-state index contributed by atoms with van der Waals surface area (Å²) in [7, 11) is 0. The molecule has 0 spiro atoms. The van der Waals surface area contributed by atoms with E-state index in [0.717, 1.165) is 4.47 Å². The van der Waals surface area contributed by atoms with E-state index >= 15 is 0 Å². The molecule has 0 aliphatic carbocycles. The van der Waals surface area contributed by atoms with Gasteiger partial charge < -0.3 is 10.1 Å². The number of nitrogens with zero attached hydrogens (tertiary/aromatic N) is 1. The van der Waals surface area contributed by atoms with Crippen LogP contribution >= 0.6 is 15.9 Å². The zero-order chi connectivity index (χ0) is 18.8. The number of hydrogen-bond acceptors (Lipinski definition) is 4. The number of amides is 2. The minimum Gasteiger partial charge on any atom is -0.444 e. The van der Waals surface area contributed by atoms with E-state index in [1.807, 2.05) is 0 Å². The highest BCUT2D eigenvalue weighted by molar-refractivity contribution is 9.10.